The van der Waals surface area contributed by atoms with Gasteiger partial charge in [0.25, 0.3) is 0 Å². The van der Waals surface area contributed by atoms with Crippen molar-refractivity contribution in [2.75, 3.05) is 5.32 Å². The second-order valence-electron chi connectivity index (χ2n) is 6.23. The van der Waals surface area contributed by atoms with Crippen molar-refractivity contribution in [1.82, 2.24) is 5.32 Å². The summed E-state index contributed by atoms with van der Waals surface area (Å²) in [5.41, 5.74) is 2.36. The van der Waals surface area contributed by atoms with Gasteiger partial charge in [0.2, 0.25) is 0 Å². The van der Waals surface area contributed by atoms with Crippen LogP contribution in [0.4, 0.5) is 5.69 Å². The highest BCUT2D eigenvalue weighted by Crippen LogP contribution is 2.27. The lowest BCUT2D eigenvalue weighted by atomic mass is 9.86. The van der Waals surface area contributed by atoms with E-state index >= 15 is 0 Å². The van der Waals surface area contributed by atoms with E-state index in [1.54, 1.807) is 6.07 Å². The van der Waals surface area contributed by atoms with Gasteiger partial charge in [0.05, 0.1) is 10.7 Å². The Morgan fingerprint density at radius 3 is 2.45 bits per heavy atom. The first-order chi connectivity index (χ1) is 10.4. The van der Waals surface area contributed by atoms with Gasteiger partial charge in [-0.05, 0) is 49.8 Å². The maximum absolute atomic E-state index is 12.1. The average molecular weight is 323 g/mol. The number of aryl methyl sites for hydroxylation is 2. The molecule has 5 heteroatoms. The first kappa shape index (κ1) is 16.8. The van der Waals surface area contributed by atoms with E-state index in [0.29, 0.717) is 16.6 Å². The summed E-state index contributed by atoms with van der Waals surface area (Å²) in [6.07, 6.45) is 4.32. The van der Waals surface area contributed by atoms with Crippen molar-refractivity contribution in [1.29, 1.82) is 0 Å². The molecule has 0 aromatic heterocycles. The largest absolute Gasteiger partial charge is 0.345 e. The van der Waals surface area contributed by atoms with Crippen LogP contribution in [0, 0.1) is 19.8 Å². The molecule has 2 unspecified atom stereocenters. The first-order valence-electron chi connectivity index (χ1n) is 7.77. The fourth-order valence-corrected chi connectivity index (χ4v) is 3.38. The predicted octanol–water partition coefficient (Wildman–Crippen LogP) is 3.59. The minimum absolute atomic E-state index is 0.0848. The molecule has 1 fully saturated rings. The Kier molecular flexibility index (Phi) is 5.46. The fraction of sp³-hybridized carbons (Fsp3) is 0.529. The van der Waals surface area contributed by atoms with Crippen molar-refractivity contribution in [3.8, 4) is 0 Å². The summed E-state index contributed by atoms with van der Waals surface area (Å²) in [5, 5.41) is 5.92. The summed E-state index contributed by atoms with van der Waals surface area (Å²) >= 11 is 6.15. The molecule has 1 aliphatic rings. The Hall–Kier alpha value is -1.55. The van der Waals surface area contributed by atoms with Crippen LogP contribution in [0.25, 0.3) is 0 Å². The van der Waals surface area contributed by atoms with Crippen molar-refractivity contribution >= 4 is 29.1 Å². The molecule has 2 amide bonds. The third kappa shape index (κ3) is 4.01. The zero-order valence-electron chi connectivity index (χ0n) is 13.3. The van der Waals surface area contributed by atoms with Gasteiger partial charge in [0.15, 0.2) is 0 Å². The molecule has 0 radical (unpaired) electrons. The van der Waals surface area contributed by atoms with Crippen LogP contribution in [0.3, 0.4) is 0 Å². The molecule has 1 aromatic carbocycles. The van der Waals surface area contributed by atoms with Crippen LogP contribution in [-0.4, -0.2) is 17.9 Å². The second kappa shape index (κ2) is 7.14. The molecule has 0 saturated heterocycles. The smallest absolute Gasteiger partial charge is 0.313 e. The summed E-state index contributed by atoms with van der Waals surface area (Å²) in [6.45, 7) is 5.90. The van der Waals surface area contributed by atoms with Crippen LogP contribution < -0.4 is 10.6 Å². The lowest BCUT2D eigenvalue weighted by Gasteiger charge is -2.29. The zero-order valence-corrected chi connectivity index (χ0v) is 14.1. The molecular weight excluding hydrogens is 300 g/mol. The second-order valence-corrected chi connectivity index (χ2v) is 6.64. The lowest BCUT2D eigenvalue weighted by molar-refractivity contribution is -0.137. The van der Waals surface area contributed by atoms with Crippen LogP contribution >= 0.6 is 11.6 Å². The van der Waals surface area contributed by atoms with E-state index < -0.39 is 11.8 Å². The molecule has 2 atom stereocenters. The Labute approximate surface area is 136 Å². The quantitative estimate of drug-likeness (QED) is 0.817. The van der Waals surface area contributed by atoms with Crippen LogP contribution in [-0.2, 0) is 9.59 Å². The van der Waals surface area contributed by atoms with E-state index in [4.69, 9.17) is 11.6 Å². The van der Waals surface area contributed by atoms with Gasteiger partial charge in [0, 0.05) is 6.04 Å². The van der Waals surface area contributed by atoms with E-state index in [0.717, 1.165) is 30.4 Å². The highest BCUT2D eigenvalue weighted by molar-refractivity contribution is 6.41. The number of rotatable bonds is 2. The van der Waals surface area contributed by atoms with E-state index in [9.17, 15) is 9.59 Å². The lowest BCUT2D eigenvalue weighted by Crippen LogP contribution is -2.45. The van der Waals surface area contributed by atoms with Crippen LogP contribution in [0.5, 0.6) is 0 Å². The number of benzene rings is 1. The summed E-state index contributed by atoms with van der Waals surface area (Å²) in [7, 11) is 0. The molecule has 0 aliphatic heterocycles. The monoisotopic (exact) mass is 322 g/mol. The average Bonchev–Trinajstić information content (AvgIpc) is 2.45. The van der Waals surface area contributed by atoms with Gasteiger partial charge in [0.1, 0.15) is 0 Å². The molecule has 2 rings (SSSR count). The molecule has 4 nitrogen and oxygen atoms in total. The highest BCUT2D eigenvalue weighted by Gasteiger charge is 2.25. The van der Waals surface area contributed by atoms with Gasteiger partial charge in [-0.3, -0.25) is 9.59 Å². The molecule has 1 aliphatic carbocycles. The fourth-order valence-electron chi connectivity index (χ4n) is 3.01. The van der Waals surface area contributed by atoms with E-state index in [2.05, 4.69) is 17.6 Å². The molecule has 22 heavy (non-hydrogen) atoms. The number of carbonyl (C=O) groups excluding carboxylic acids is 2. The Bertz CT molecular complexity index is 563. The topological polar surface area (TPSA) is 58.2 Å². The van der Waals surface area contributed by atoms with E-state index in [1.165, 1.54) is 6.42 Å². The van der Waals surface area contributed by atoms with E-state index in [-0.39, 0.29) is 6.04 Å². The SMILES string of the molecule is Cc1cc(C)c(NC(=O)C(=O)NC2CCCCC2C)c(Cl)c1. The molecule has 1 aromatic rings. The van der Waals surface area contributed by atoms with Crippen molar-refractivity contribution < 1.29 is 9.59 Å². The number of carbonyl (C=O) groups is 2. The summed E-state index contributed by atoms with van der Waals surface area (Å²) in [6, 6.07) is 3.77. The van der Waals surface area contributed by atoms with Gasteiger partial charge >= 0.3 is 11.8 Å². The van der Waals surface area contributed by atoms with Gasteiger partial charge in [-0.2, -0.15) is 0 Å². The number of hydrogen-bond acceptors (Lipinski definition) is 2. The number of halogens is 1. The van der Waals surface area contributed by atoms with Gasteiger partial charge in [-0.1, -0.05) is 37.4 Å². The molecular formula is C17H23ClN2O2. The third-order valence-electron chi connectivity index (χ3n) is 4.30. The predicted molar refractivity (Wildman–Crippen MR) is 89.1 cm³/mol. The van der Waals surface area contributed by atoms with Gasteiger partial charge < -0.3 is 10.6 Å². The number of hydrogen-bond donors (Lipinski definition) is 2. The molecule has 0 heterocycles. The van der Waals surface area contributed by atoms with Crippen molar-refractivity contribution in [2.45, 2.75) is 52.5 Å². The van der Waals surface area contributed by atoms with E-state index in [1.807, 2.05) is 19.9 Å². The maximum atomic E-state index is 12.1. The minimum Gasteiger partial charge on any atom is -0.345 e. The standard InChI is InChI=1S/C17H23ClN2O2/c1-10-8-12(3)15(13(18)9-10)20-17(22)16(21)19-14-7-5-4-6-11(14)2/h8-9,11,14H,4-7H2,1-3H3,(H,19,21)(H,20,22). The van der Waals surface area contributed by atoms with Crippen LogP contribution in [0.15, 0.2) is 12.1 Å². The number of amides is 2. The highest BCUT2D eigenvalue weighted by atomic mass is 35.5. The molecule has 0 bridgehead atoms. The maximum Gasteiger partial charge on any atom is 0.313 e. The summed E-state index contributed by atoms with van der Waals surface area (Å²) in [5.74, 6) is -0.836. The van der Waals surface area contributed by atoms with Crippen LogP contribution in [0.1, 0.15) is 43.7 Å². The summed E-state index contributed by atoms with van der Waals surface area (Å²) in [4.78, 5) is 24.2. The zero-order chi connectivity index (χ0) is 16.3. The summed E-state index contributed by atoms with van der Waals surface area (Å²) < 4.78 is 0. The minimum atomic E-state index is -0.661. The third-order valence-corrected chi connectivity index (χ3v) is 4.60. The molecule has 1 saturated carbocycles. The van der Waals surface area contributed by atoms with Crippen molar-refractivity contribution in [2.24, 2.45) is 5.92 Å². The van der Waals surface area contributed by atoms with Crippen molar-refractivity contribution in [3.63, 3.8) is 0 Å². The van der Waals surface area contributed by atoms with Crippen LogP contribution in [0.2, 0.25) is 5.02 Å². The number of anilines is 1. The Morgan fingerprint density at radius 1 is 1.14 bits per heavy atom. The molecule has 120 valence electrons. The normalized spacial score (nSPS) is 21.3. The first-order valence-corrected chi connectivity index (χ1v) is 8.15. The Balaban J connectivity index is 2.01. The van der Waals surface area contributed by atoms with Gasteiger partial charge in [-0.15, -0.1) is 0 Å². The van der Waals surface area contributed by atoms with Gasteiger partial charge in [-0.25, -0.2) is 0 Å². The molecule has 2 N–H and O–H groups in total. The number of nitrogens with one attached hydrogen (secondary N) is 2. The molecule has 0 spiro atoms. The Morgan fingerprint density at radius 2 is 1.82 bits per heavy atom. The van der Waals surface area contributed by atoms with Crippen molar-refractivity contribution in [3.05, 3.63) is 28.3 Å².